The smallest absolute Gasteiger partial charge is 0.383 e. The van der Waals surface area contributed by atoms with Crippen LogP contribution in [0.5, 0.6) is 0 Å². The molecule has 122 valence electrons. The van der Waals surface area contributed by atoms with Crippen LogP contribution in [-0.4, -0.2) is 36.2 Å². The number of hydrogen-bond acceptors (Lipinski definition) is 3. The average molecular weight is 316 g/mol. The van der Waals surface area contributed by atoms with E-state index >= 15 is 0 Å². The van der Waals surface area contributed by atoms with E-state index < -0.39 is 23.8 Å². The molecule has 1 saturated heterocycles. The lowest BCUT2D eigenvalue weighted by Gasteiger charge is -2.15. The van der Waals surface area contributed by atoms with Crippen molar-refractivity contribution in [2.45, 2.75) is 37.6 Å². The standard InChI is InChI=1S/C15H19F3N2O2/c16-15(17,18)11-4-1-3-10(7-11)8-13(21)14(22)20-9-12-5-2-6-19-12/h1,3-4,7,12-13,19,21H,2,5-6,8-9H2,(H,20,22)/t12-,13+/m0/s1. The minimum absolute atomic E-state index is 0.145. The Kier molecular flexibility index (Phi) is 5.42. The molecule has 0 aromatic heterocycles. The molecule has 1 aliphatic heterocycles. The van der Waals surface area contributed by atoms with E-state index in [1.807, 2.05) is 0 Å². The summed E-state index contributed by atoms with van der Waals surface area (Å²) < 4.78 is 37.8. The highest BCUT2D eigenvalue weighted by molar-refractivity contribution is 5.80. The molecule has 0 bridgehead atoms. The summed E-state index contributed by atoms with van der Waals surface area (Å²) >= 11 is 0. The maximum Gasteiger partial charge on any atom is 0.416 e. The topological polar surface area (TPSA) is 61.4 Å². The van der Waals surface area contributed by atoms with Gasteiger partial charge >= 0.3 is 6.18 Å². The Bertz CT molecular complexity index is 514. The first kappa shape index (κ1) is 16.8. The van der Waals surface area contributed by atoms with Gasteiger partial charge in [-0.05, 0) is 31.0 Å². The van der Waals surface area contributed by atoms with Crippen LogP contribution in [0, 0.1) is 0 Å². The van der Waals surface area contributed by atoms with Crippen LogP contribution in [-0.2, 0) is 17.4 Å². The predicted molar refractivity (Wildman–Crippen MR) is 75.2 cm³/mol. The normalized spacial score (nSPS) is 19.9. The number of rotatable bonds is 5. The zero-order valence-corrected chi connectivity index (χ0v) is 12.0. The van der Waals surface area contributed by atoms with Gasteiger partial charge in [-0.1, -0.05) is 18.2 Å². The lowest BCUT2D eigenvalue weighted by atomic mass is 10.0. The summed E-state index contributed by atoms with van der Waals surface area (Å²) in [7, 11) is 0. The van der Waals surface area contributed by atoms with Crippen molar-refractivity contribution in [1.29, 1.82) is 0 Å². The van der Waals surface area contributed by atoms with Crippen LogP contribution in [0.4, 0.5) is 13.2 Å². The van der Waals surface area contributed by atoms with E-state index in [1.165, 1.54) is 12.1 Å². The van der Waals surface area contributed by atoms with Gasteiger partial charge in [-0.25, -0.2) is 0 Å². The number of carbonyl (C=O) groups is 1. The third-order valence-corrected chi connectivity index (χ3v) is 3.67. The van der Waals surface area contributed by atoms with Gasteiger partial charge in [0.2, 0.25) is 5.91 Å². The zero-order chi connectivity index (χ0) is 16.2. The van der Waals surface area contributed by atoms with Gasteiger partial charge in [0.15, 0.2) is 0 Å². The number of hydrogen-bond donors (Lipinski definition) is 3. The first-order chi connectivity index (χ1) is 10.4. The first-order valence-corrected chi connectivity index (χ1v) is 7.21. The van der Waals surface area contributed by atoms with E-state index in [0.29, 0.717) is 6.54 Å². The monoisotopic (exact) mass is 316 g/mol. The summed E-state index contributed by atoms with van der Waals surface area (Å²) in [6, 6.07) is 4.84. The quantitative estimate of drug-likeness (QED) is 0.771. The molecule has 1 aliphatic rings. The molecule has 1 aromatic carbocycles. The van der Waals surface area contributed by atoms with Crippen molar-refractivity contribution in [3.63, 3.8) is 0 Å². The van der Waals surface area contributed by atoms with Crippen LogP contribution in [0.1, 0.15) is 24.0 Å². The molecule has 1 amide bonds. The number of carbonyl (C=O) groups excluding carboxylic acids is 1. The number of amides is 1. The van der Waals surface area contributed by atoms with E-state index in [9.17, 15) is 23.1 Å². The van der Waals surface area contributed by atoms with Gasteiger partial charge in [0.1, 0.15) is 6.10 Å². The minimum Gasteiger partial charge on any atom is -0.383 e. The van der Waals surface area contributed by atoms with Crippen LogP contribution >= 0.6 is 0 Å². The van der Waals surface area contributed by atoms with Gasteiger partial charge in [0.05, 0.1) is 5.56 Å². The van der Waals surface area contributed by atoms with Gasteiger partial charge in [0, 0.05) is 19.0 Å². The Labute approximate surface area is 126 Å². The fraction of sp³-hybridized carbons (Fsp3) is 0.533. The molecule has 1 fully saturated rings. The van der Waals surface area contributed by atoms with Gasteiger partial charge < -0.3 is 15.7 Å². The third-order valence-electron chi connectivity index (χ3n) is 3.67. The molecule has 2 rings (SSSR count). The number of aliphatic hydroxyl groups excluding tert-OH is 1. The number of alkyl halides is 3. The molecule has 0 aliphatic carbocycles. The summed E-state index contributed by atoms with van der Waals surface area (Å²) in [6.07, 6.45) is -3.92. The van der Waals surface area contributed by atoms with Crippen molar-refractivity contribution in [2.24, 2.45) is 0 Å². The summed E-state index contributed by atoms with van der Waals surface area (Å²) in [5.74, 6) is -0.564. The maximum absolute atomic E-state index is 12.6. The minimum atomic E-state index is -4.43. The number of halogens is 3. The van der Waals surface area contributed by atoms with E-state index in [1.54, 1.807) is 0 Å². The number of aliphatic hydroxyl groups is 1. The molecule has 7 heteroatoms. The molecular formula is C15H19F3N2O2. The van der Waals surface area contributed by atoms with Gasteiger partial charge in [-0.2, -0.15) is 13.2 Å². The summed E-state index contributed by atoms with van der Waals surface area (Å²) in [5.41, 5.74) is -0.510. The van der Waals surface area contributed by atoms with Crippen LogP contribution in [0.15, 0.2) is 24.3 Å². The average Bonchev–Trinajstić information content (AvgIpc) is 2.97. The molecule has 22 heavy (non-hydrogen) atoms. The van der Waals surface area contributed by atoms with Crippen molar-refractivity contribution in [3.05, 3.63) is 35.4 Å². The van der Waals surface area contributed by atoms with Crippen LogP contribution < -0.4 is 10.6 Å². The number of benzene rings is 1. The van der Waals surface area contributed by atoms with Crippen LogP contribution in [0.3, 0.4) is 0 Å². The highest BCUT2D eigenvalue weighted by Gasteiger charge is 2.30. The Balaban J connectivity index is 1.87. The lowest BCUT2D eigenvalue weighted by Crippen LogP contribution is -2.42. The van der Waals surface area contributed by atoms with Crippen LogP contribution in [0.2, 0.25) is 0 Å². The zero-order valence-electron chi connectivity index (χ0n) is 12.0. The fourth-order valence-corrected chi connectivity index (χ4v) is 2.46. The SMILES string of the molecule is O=C(NC[C@@H]1CCCN1)[C@H](O)Cc1cccc(C(F)(F)F)c1. The molecule has 0 spiro atoms. The maximum atomic E-state index is 12.6. The van der Waals surface area contributed by atoms with Crippen LogP contribution in [0.25, 0.3) is 0 Å². The van der Waals surface area contributed by atoms with E-state index in [2.05, 4.69) is 10.6 Å². The molecule has 1 aromatic rings. The van der Waals surface area contributed by atoms with Crippen molar-refractivity contribution in [2.75, 3.05) is 13.1 Å². The summed E-state index contributed by atoms with van der Waals surface area (Å²) in [6.45, 7) is 1.33. The largest absolute Gasteiger partial charge is 0.416 e. The Hall–Kier alpha value is -1.60. The van der Waals surface area contributed by atoms with Gasteiger partial charge in [0.25, 0.3) is 0 Å². The Morgan fingerprint density at radius 3 is 2.86 bits per heavy atom. The molecule has 4 nitrogen and oxygen atoms in total. The molecule has 0 radical (unpaired) electrons. The lowest BCUT2D eigenvalue weighted by molar-refractivity contribution is -0.137. The highest BCUT2D eigenvalue weighted by Crippen LogP contribution is 2.29. The van der Waals surface area contributed by atoms with Crippen molar-refractivity contribution in [3.8, 4) is 0 Å². The van der Waals surface area contributed by atoms with Crippen molar-refractivity contribution < 1.29 is 23.1 Å². The Morgan fingerprint density at radius 2 is 2.23 bits per heavy atom. The van der Waals surface area contributed by atoms with Crippen molar-refractivity contribution in [1.82, 2.24) is 10.6 Å². The second-order valence-corrected chi connectivity index (χ2v) is 5.46. The van der Waals surface area contributed by atoms with Crippen molar-refractivity contribution >= 4 is 5.91 Å². The van der Waals surface area contributed by atoms with Gasteiger partial charge in [-0.3, -0.25) is 4.79 Å². The molecule has 0 unspecified atom stereocenters. The Morgan fingerprint density at radius 1 is 1.45 bits per heavy atom. The van der Waals surface area contributed by atoms with Gasteiger partial charge in [-0.15, -0.1) is 0 Å². The van der Waals surface area contributed by atoms with E-state index in [4.69, 9.17) is 0 Å². The van der Waals surface area contributed by atoms with E-state index in [0.717, 1.165) is 31.5 Å². The molecule has 0 saturated carbocycles. The van der Waals surface area contributed by atoms with E-state index in [-0.39, 0.29) is 18.0 Å². The second kappa shape index (κ2) is 7.11. The summed E-state index contributed by atoms with van der Waals surface area (Å²) in [5, 5.41) is 15.6. The fourth-order valence-electron chi connectivity index (χ4n) is 2.46. The highest BCUT2D eigenvalue weighted by atomic mass is 19.4. The third kappa shape index (κ3) is 4.71. The molecule has 2 atom stereocenters. The first-order valence-electron chi connectivity index (χ1n) is 7.21. The summed E-state index contributed by atoms with van der Waals surface area (Å²) in [4.78, 5) is 11.8. The molecule has 1 heterocycles. The molecular weight excluding hydrogens is 297 g/mol. The predicted octanol–water partition coefficient (Wildman–Crippen LogP) is 1.48. The second-order valence-electron chi connectivity index (χ2n) is 5.46. The molecule has 3 N–H and O–H groups in total. The number of nitrogens with one attached hydrogen (secondary N) is 2.